The maximum Gasteiger partial charge on any atom is 0.241 e. The van der Waals surface area contributed by atoms with Crippen molar-refractivity contribution in [3.63, 3.8) is 0 Å². The lowest BCUT2D eigenvalue weighted by Crippen LogP contribution is -2.43. The van der Waals surface area contributed by atoms with Gasteiger partial charge in [0.15, 0.2) is 0 Å². The van der Waals surface area contributed by atoms with Gasteiger partial charge in [0.25, 0.3) is 0 Å². The fourth-order valence-corrected chi connectivity index (χ4v) is 5.35. The van der Waals surface area contributed by atoms with Crippen LogP contribution in [0.25, 0.3) is 0 Å². The average Bonchev–Trinajstić information content (AvgIpc) is 2.43. The largest absolute Gasteiger partial charge is 0.399 e. The minimum Gasteiger partial charge on any atom is -0.399 e. The van der Waals surface area contributed by atoms with E-state index in [4.69, 9.17) is 5.73 Å². The van der Waals surface area contributed by atoms with Crippen molar-refractivity contribution in [2.75, 3.05) is 12.0 Å². The molecule has 7 heteroatoms. The molecule has 4 nitrogen and oxygen atoms in total. The van der Waals surface area contributed by atoms with E-state index in [9.17, 15) is 12.8 Å². The fraction of sp³-hybridized carbons (Fsp3) is 0.571. The van der Waals surface area contributed by atoms with Gasteiger partial charge < -0.3 is 5.73 Å². The molecule has 0 aromatic heterocycles. The molecule has 3 N–H and O–H groups in total. The minimum absolute atomic E-state index is 0.0644. The van der Waals surface area contributed by atoms with Crippen LogP contribution in [0.15, 0.2) is 17.0 Å². The molecule has 118 valence electrons. The maximum atomic E-state index is 13.7. The van der Waals surface area contributed by atoms with Crippen LogP contribution in [0.4, 0.5) is 10.1 Å². The number of anilines is 1. The molecule has 1 aromatic rings. The number of thioether (sulfide) groups is 1. The van der Waals surface area contributed by atoms with E-state index in [1.54, 1.807) is 11.8 Å². The molecule has 1 aliphatic carbocycles. The van der Waals surface area contributed by atoms with E-state index >= 15 is 0 Å². The number of benzene rings is 1. The molecule has 0 radical (unpaired) electrons. The van der Waals surface area contributed by atoms with Crippen LogP contribution in [0.5, 0.6) is 0 Å². The first-order chi connectivity index (χ1) is 9.85. The highest BCUT2D eigenvalue weighted by Crippen LogP contribution is 2.29. The molecule has 0 aliphatic heterocycles. The third-order valence-electron chi connectivity index (χ3n) is 3.92. The molecule has 1 saturated carbocycles. The normalized spacial score (nSPS) is 23.2. The third kappa shape index (κ3) is 3.70. The van der Waals surface area contributed by atoms with E-state index in [1.165, 1.54) is 13.0 Å². The topological polar surface area (TPSA) is 72.2 Å². The Bertz CT molecular complexity index is 620. The lowest BCUT2D eigenvalue weighted by molar-refractivity contribution is 0.423. The summed E-state index contributed by atoms with van der Waals surface area (Å²) in [5.41, 5.74) is 5.79. The van der Waals surface area contributed by atoms with E-state index in [-0.39, 0.29) is 27.4 Å². The van der Waals surface area contributed by atoms with E-state index in [0.717, 1.165) is 31.7 Å². The Morgan fingerprint density at radius 2 is 2.00 bits per heavy atom. The summed E-state index contributed by atoms with van der Waals surface area (Å²) < 4.78 is 41.5. The Morgan fingerprint density at radius 1 is 1.33 bits per heavy atom. The summed E-state index contributed by atoms with van der Waals surface area (Å²) in [5.74, 6) is -0.597. The second-order valence-electron chi connectivity index (χ2n) is 5.41. The number of halogens is 1. The van der Waals surface area contributed by atoms with Crippen molar-refractivity contribution in [3.8, 4) is 0 Å². The molecule has 0 saturated heterocycles. The Labute approximate surface area is 129 Å². The van der Waals surface area contributed by atoms with Crippen LogP contribution in [-0.4, -0.2) is 26.0 Å². The van der Waals surface area contributed by atoms with Gasteiger partial charge in [0.1, 0.15) is 5.82 Å². The van der Waals surface area contributed by atoms with E-state index in [2.05, 4.69) is 4.72 Å². The number of nitrogens with two attached hydrogens (primary N) is 1. The summed E-state index contributed by atoms with van der Waals surface area (Å²) in [4.78, 5) is -0.0644. The highest BCUT2D eigenvalue weighted by Gasteiger charge is 2.30. The number of sulfonamides is 1. The van der Waals surface area contributed by atoms with Gasteiger partial charge in [-0.2, -0.15) is 11.8 Å². The van der Waals surface area contributed by atoms with Gasteiger partial charge in [-0.15, -0.1) is 0 Å². The first-order valence-electron chi connectivity index (χ1n) is 6.96. The SMILES string of the molecule is CSC1CCCCC1NS(=O)(=O)c1cc(N)cc(F)c1C. The van der Waals surface area contributed by atoms with Crippen molar-refractivity contribution in [2.45, 2.75) is 48.8 Å². The van der Waals surface area contributed by atoms with Gasteiger partial charge in [0.05, 0.1) is 4.90 Å². The Hall–Kier alpha value is -0.790. The van der Waals surface area contributed by atoms with Gasteiger partial charge in [0, 0.05) is 22.5 Å². The summed E-state index contributed by atoms with van der Waals surface area (Å²) in [5, 5.41) is 0.264. The summed E-state index contributed by atoms with van der Waals surface area (Å²) in [7, 11) is -3.76. The van der Waals surface area contributed by atoms with Crippen molar-refractivity contribution in [3.05, 3.63) is 23.5 Å². The minimum atomic E-state index is -3.76. The molecule has 2 atom stereocenters. The predicted octanol–water partition coefficient (Wildman–Crippen LogP) is 2.67. The molecular formula is C14H21FN2O2S2. The smallest absolute Gasteiger partial charge is 0.241 e. The maximum absolute atomic E-state index is 13.7. The standard InChI is InChI=1S/C14H21FN2O2S2/c1-9-11(15)7-10(16)8-14(9)21(18,19)17-12-5-3-4-6-13(12)20-2/h7-8,12-13,17H,3-6,16H2,1-2H3. The quantitative estimate of drug-likeness (QED) is 0.832. The van der Waals surface area contributed by atoms with Crippen LogP contribution in [-0.2, 0) is 10.0 Å². The summed E-state index contributed by atoms with van der Waals surface area (Å²) in [6, 6.07) is 2.35. The van der Waals surface area contributed by atoms with E-state index < -0.39 is 15.8 Å². The van der Waals surface area contributed by atoms with E-state index in [0.29, 0.717) is 0 Å². The highest BCUT2D eigenvalue weighted by molar-refractivity contribution is 7.99. The Balaban J connectivity index is 2.30. The van der Waals surface area contributed by atoms with Gasteiger partial charge in [-0.3, -0.25) is 0 Å². The van der Waals surface area contributed by atoms with Crippen LogP contribution in [0.1, 0.15) is 31.2 Å². The van der Waals surface area contributed by atoms with Gasteiger partial charge in [-0.05, 0) is 38.2 Å². The molecule has 21 heavy (non-hydrogen) atoms. The van der Waals surface area contributed by atoms with Gasteiger partial charge in [-0.25, -0.2) is 17.5 Å². The summed E-state index contributed by atoms with van der Waals surface area (Å²) in [6.45, 7) is 1.45. The molecule has 1 aliphatic rings. The highest BCUT2D eigenvalue weighted by atomic mass is 32.2. The number of nitrogens with one attached hydrogen (secondary N) is 1. The Morgan fingerprint density at radius 3 is 2.67 bits per heavy atom. The molecule has 1 aromatic carbocycles. The van der Waals surface area contributed by atoms with Crippen molar-refractivity contribution in [2.24, 2.45) is 0 Å². The zero-order valence-corrected chi connectivity index (χ0v) is 13.9. The van der Waals surface area contributed by atoms with Crippen LogP contribution in [0, 0.1) is 12.7 Å². The van der Waals surface area contributed by atoms with Crippen molar-refractivity contribution < 1.29 is 12.8 Å². The molecule has 0 amide bonds. The van der Waals surface area contributed by atoms with Crippen molar-refractivity contribution in [1.29, 1.82) is 0 Å². The van der Waals surface area contributed by atoms with Gasteiger partial charge in [0.2, 0.25) is 10.0 Å². The fourth-order valence-electron chi connectivity index (χ4n) is 2.73. The average molecular weight is 332 g/mol. The van der Waals surface area contributed by atoms with Crippen molar-refractivity contribution in [1.82, 2.24) is 4.72 Å². The predicted molar refractivity (Wildman–Crippen MR) is 85.4 cm³/mol. The number of nitrogen functional groups attached to an aromatic ring is 1. The van der Waals surface area contributed by atoms with Crippen LogP contribution in [0.2, 0.25) is 0 Å². The summed E-state index contributed by atoms with van der Waals surface area (Å²) in [6.07, 6.45) is 5.93. The van der Waals surface area contributed by atoms with Crippen LogP contribution in [0.3, 0.4) is 0 Å². The first-order valence-corrected chi connectivity index (χ1v) is 9.73. The molecule has 1 fully saturated rings. The van der Waals surface area contributed by atoms with Crippen LogP contribution >= 0.6 is 11.8 Å². The first kappa shape index (κ1) is 16.6. The third-order valence-corrected chi connectivity index (χ3v) is 6.71. The zero-order valence-electron chi connectivity index (χ0n) is 12.2. The second kappa shape index (κ2) is 6.54. The lowest BCUT2D eigenvalue weighted by Gasteiger charge is -2.30. The number of hydrogen-bond donors (Lipinski definition) is 2. The van der Waals surface area contributed by atoms with Crippen molar-refractivity contribution >= 4 is 27.5 Å². The molecular weight excluding hydrogens is 311 g/mol. The summed E-state index contributed by atoms with van der Waals surface area (Å²) >= 11 is 1.67. The monoisotopic (exact) mass is 332 g/mol. The molecule has 0 heterocycles. The molecule has 0 bridgehead atoms. The Kier molecular flexibility index (Phi) is 5.16. The molecule has 2 unspecified atom stereocenters. The van der Waals surface area contributed by atoms with Gasteiger partial charge >= 0.3 is 0 Å². The second-order valence-corrected chi connectivity index (χ2v) is 8.17. The molecule has 0 spiro atoms. The lowest BCUT2D eigenvalue weighted by atomic mass is 9.96. The van der Waals surface area contributed by atoms with E-state index in [1.807, 2.05) is 6.26 Å². The van der Waals surface area contributed by atoms with Crippen LogP contribution < -0.4 is 10.5 Å². The number of rotatable bonds is 4. The number of hydrogen-bond acceptors (Lipinski definition) is 4. The zero-order chi connectivity index (χ0) is 15.6. The molecule has 2 rings (SSSR count). The van der Waals surface area contributed by atoms with Gasteiger partial charge in [-0.1, -0.05) is 12.8 Å².